The summed E-state index contributed by atoms with van der Waals surface area (Å²) < 4.78 is 1.98. The third kappa shape index (κ3) is 4.81. The summed E-state index contributed by atoms with van der Waals surface area (Å²) in [7, 11) is 0. The summed E-state index contributed by atoms with van der Waals surface area (Å²) in [5.41, 5.74) is 1.23. The van der Waals surface area contributed by atoms with Crippen LogP contribution in [0.1, 0.15) is 48.9 Å². The maximum absolute atomic E-state index is 12.0. The van der Waals surface area contributed by atoms with E-state index >= 15 is 0 Å². The smallest absolute Gasteiger partial charge is 0.319 e. The van der Waals surface area contributed by atoms with E-state index in [4.69, 9.17) is 0 Å². The Bertz CT molecular complexity index is 764. The van der Waals surface area contributed by atoms with Gasteiger partial charge in [-0.05, 0) is 51.0 Å². The highest BCUT2D eigenvalue weighted by molar-refractivity contribution is 5.95. The molecule has 138 valence electrons. The molecule has 2 aromatic rings. The van der Waals surface area contributed by atoms with Crippen LogP contribution < -0.4 is 16.0 Å². The van der Waals surface area contributed by atoms with E-state index in [1.54, 1.807) is 30.6 Å². The summed E-state index contributed by atoms with van der Waals surface area (Å²) in [6.45, 7) is 4.57. The minimum atomic E-state index is -0.296. The fourth-order valence-corrected chi connectivity index (χ4v) is 2.54. The van der Waals surface area contributed by atoms with Gasteiger partial charge >= 0.3 is 6.03 Å². The Kier molecular flexibility index (Phi) is 5.50. The van der Waals surface area contributed by atoms with E-state index in [2.05, 4.69) is 40.0 Å². The molecule has 0 bridgehead atoms. The molecule has 3 N–H and O–H groups in total. The molecule has 0 spiro atoms. The van der Waals surface area contributed by atoms with Gasteiger partial charge in [-0.25, -0.2) is 4.79 Å². The molecule has 0 unspecified atom stereocenters. The van der Waals surface area contributed by atoms with Gasteiger partial charge in [0.05, 0.1) is 0 Å². The Morgan fingerprint density at radius 1 is 1.23 bits per heavy atom. The zero-order valence-electron chi connectivity index (χ0n) is 15.0. The third-order valence-electron chi connectivity index (χ3n) is 4.16. The van der Waals surface area contributed by atoms with E-state index < -0.39 is 0 Å². The third-order valence-corrected chi connectivity index (χ3v) is 4.16. The molecule has 8 nitrogen and oxygen atoms in total. The average Bonchev–Trinajstić information content (AvgIpc) is 3.29. The van der Waals surface area contributed by atoms with Crippen LogP contribution in [0.5, 0.6) is 0 Å². The number of nitrogens with zero attached hydrogens (tertiary/aromatic N) is 3. The summed E-state index contributed by atoms with van der Waals surface area (Å²) in [5, 5.41) is 16.5. The van der Waals surface area contributed by atoms with Gasteiger partial charge in [-0.2, -0.15) is 0 Å². The Hall–Kier alpha value is -2.90. The van der Waals surface area contributed by atoms with Crippen molar-refractivity contribution >= 4 is 17.6 Å². The van der Waals surface area contributed by atoms with Crippen molar-refractivity contribution in [2.24, 2.45) is 0 Å². The van der Waals surface area contributed by atoms with Crippen molar-refractivity contribution in [2.45, 2.75) is 45.2 Å². The van der Waals surface area contributed by atoms with Crippen LogP contribution in [0, 0.1) is 0 Å². The van der Waals surface area contributed by atoms with Gasteiger partial charge < -0.3 is 20.5 Å². The first-order valence-electron chi connectivity index (χ1n) is 8.87. The van der Waals surface area contributed by atoms with Gasteiger partial charge in [0.1, 0.15) is 12.2 Å². The van der Waals surface area contributed by atoms with Gasteiger partial charge in [-0.3, -0.25) is 4.79 Å². The second-order valence-electron chi connectivity index (χ2n) is 6.70. The van der Waals surface area contributed by atoms with Gasteiger partial charge in [0.15, 0.2) is 0 Å². The molecular weight excluding hydrogens is 332 g/mol. The number of nitrogens with one attached hydrogen (secondary N) is 3. The van der Waals surface area contributed by atoms with E-state index in [1.807, 2.05) is 4.57 Å². The number of rotatable bonds is 7. The van der Waals surface area contributed by atoms with Crippen molar-refractivity contribution in [2.75, 3.05) is 11.9 Å². The van der Waals surface area contributed by atoms with Crippen LogP contribution >= 0.6 is 0 Å². The summed E-state index contributed by atoms with van der Waals surface area (Å²) in [5.74, 6) is 0.768. The normalized spacial score (nSPS) is 13.5. The van der Waals surface area contributed by atoms with Crippen molar-refractivity contribution in [3.8, 4) is 0 Å². The molecule has 1 aliphatic carbocycles. The molecule has 0 atom stereocenters. The number of carbonyl (C=O) groups is 2. The fraction of sp³-hybridized carbons (Fsp3) is 0.444. The molecule has 26 heavy (non-hydrogen) atoms. The highest BCUT2D eigenvalue weighted by atomic mass is 16.2. The predicted molar refractivity (Wildman–Crippen MR) is 98.1 cm³/mol. The number of hydrogen-bond acceptors (Lipinski definition) is 4. The second-order valence-corrected chi connectivity index (χ2v) is 6.70. The summed E-state index contributed by atoms with van der Waals surface area (Å²) in [6.07, 6.45) is 4.41. The minimum Gasteiger partial charge on any atom is -0.349 e. The molecule has 1 aromatic heterocycles. The van der Waals surface area contributed by atoms with Crippen LogP contribution in [0.3, 0.4) is 0 Å². The first kappa shape index (κ1) is 17.9. The fourth-order valence-electron chi connectivity index (χ4n) is 2.54. The minimum absolute atomic E-state index is 0.0715. The largest absolute Gasteiger partial charge is 0.349 e. The Morgan fingerprint density at radius 2 is 1.96 bits per heavy atom. The molecule has 1 heterocycles. The zero-order chi connectivity index (χ0) is 18.5. The zero-order valence-corrected chi connectivity index (χ0v) is 15.0. The van der Waals surface area contributed by atoms with Gasteiger partial charge in [0, 0.05) is 36.3 Å². The van der Waals surface area contributed by atoms with E-state index in [-0.39, 0.29) is 18.0 Å². The van der Waals surface area contributed by atoms with E-state index in [0.29, 0.717) is 30.3 Å². The lowest BCUT2D eigenvalue weighted by molar-refractivity contribution is 0.0951. The van der Waals surface area contributed by atoms with Crippen LogP contribution in [-0.2, 0) is 6.42 Å². The number of carbonyl (C=O) groups excluding carboxylic acids is 2. The first-order valence-corrected chi connectivity index (χ1v) is 8.87. The molecule has 1 saturated carbocycles. The highest BCUT2D eigenvalue weighted by Gasteiger charge is 2.23. The predicted octanol–water partition coefficient (Wildman–Crippen LogP) is 2.12. The maximum Gasteiger partial charge on any atom is 0.319 e. The lowest BCUT2D eigenvalue weighted by Crippen LogP contribution is -2.31. The topological polar surface area (TPSA) is 101 Å². The molecule has 3 amide bonds. The highest BCUT2D eigenvalue weighted by Crippen LogP contribution is 2.19. The van der Waals surface area contributed by atoms with E-state index in [0.717, 1.165) is 18.7 Å². The molecule has 3 rings (SSSR count). The average molecular weight is 356 g/mol. The van der Waals surface area contributed by atoms with Crippen LogP contribution in [-0.4, -0.2) is 39.3 Å². The Morgan fingerprint density at radius 3 is 2.62 bits per heavy atom. The SMILES string of the molecule is CC(C)n1cnnc1CCNC(=O)Nc1ccc(C(=O)NC2CC2)cc1. The van der Waals surface area contributed by atoms with E-state index in [9.17, 15) is 9.59 Å². The van der Waals surface area contributed by atoms with Crippen LogP contribution in [0.2, 0.25) is 0 Å². The quantitative estimate of drug-likeness (QED) is 0.707. The summed E-state index contributed by atoms with van der Waals surface area (Å²) in [6, 6.07) is 7.16. The molecule has 0 aliphatic heterocycles. The molecule has 1 fully saturated rings. The number of amides is 3. The first-order chi connectivity index (χ1) is 12.5. The number of anilines is 1. The molecular formula is C18H24N6O2. The maximum atomic E-state index is 12.0. The summed E-state index contributed by atoms with van der Waals surface area (Å²) >= 11 is 0. The van der Waals surface area contributed by atoms with Crippen molar-refractivity contribution in [3.05, 3.63) is 42.0 Å². The van der Waals surface area contributed by atoms with Crippen LogP contribution in [0.4, 0.5) is 10.5 Å². The standard InChI is InChI=1S/C18H24N6O2/c1-12(2)24-11-20-23-16(24)9-10-19-18(26)22-15-5-3-13(4-6-15)17(25)21-14-7-8-14/h3-6,11-12,14H,7-10H2,1-2H3,(H,21,25)(H2,19,22,26). The van der Waals surface area contributed by atoms with Crippen LogP contribution in [0.25, 0.3) is 0 Å². The number of aromatic nitrogens is 3. The second kappa shape index (κ2) is 7.99. The molecule has 1 aromatic carbocycles. The Labute approximate surface area is 152 Å². The lowest BCUT2D eigenvalue weighted by atomic mass is 10.2. The van der Waals surface area contributed by atoms with Gasteiger partial charge in [-0.1, -0.05) is 0 Å². The van der Waals surface area contributed by atoms with Crippen molar-refractivity contribution in [1.29, 1.82) is 0 Å². The van der Waals surface area contributed by atoms with Crippen LogP contribution in [0.15, 0.2) is 30.6 Å². The monoisotopic (exact) mass is 356 g/mol. The summed E-state index contributed by atoms with van der Waals surface area (Å²) in [4.78, 5) is 23.9. The molecule has 0 radical (unpaired) electrons. The Balaban J connectivity index is 1.44. The van der Waals surface area contributed by atoms with Gasteiger partial charge in [0.2, 0.25) is 0 Å². The number of hydrogen-bond donors (Lipinski definition) is 3. The number of benzene rings is 1. The molecule has 0 saturated heterocycles. The van der Waals surface area contributed by atoms with Crippen molar-refractivity contribution < 1.29 is 9.59 Å². The van der Waals surface area contributed by atoms with Crippen molar-refractivity contribution in [3.63, 3.8) is 0 Å². The van der Waals surface area contributed by atoms with Gasteiger partial charge in [-0.15, -0.1) is 10.2 Å². The lowest BCUT2D eigenvalue weighted by Gasteiger charge is -2.11. The van der Waals surface area contributed by atoms with Gasteiger partial charge in [0.25, 0.3) is 5.91 Å². The molecule has 8 heteroatoms. The molecule has 1 aliphatic rings. The van der Waals surface area contributed by atoms with Crippen molar-refractivity contribution in [1.82, 2.24) is 25.4 Å². The van der Waals surface area contributed by atoms with E-state index in [1.165, 1.54) is 0 Å². The number of urea groups is 1.